The number of aliphatic hydroxyl groups excluding tert-OH is 1. The van der Waals surface area contributed by atoms with E-state index in [1.54, 1.807) is 0 Å². The maximum atomic E-state index is 10.5. The maximum absolute atomic E-state index is 10.5. The zero-order chi connectivity index (χ0) is 13.7. The highest BCUT2D eigenvalue weighted by atomic mass is 16.3. The lowest BCUT2D eigenvalue weighted by Gasteiger charge is -2.37. The van der Waals surface area contributed by atoms with Crippen LogP contribution in [0.4, 0.5) is 0 Å². The summed E-state index contributed by atoms with van der Waals surface area (Å²) in [7, 11) is 0. The van der Waals surface area contributed by atoms with Crippen LogP contribution in [0.5, 0.6) is 0 Å². The van der Waals surface area contributed by atoms with Crippen LogP contribution < -0.4 is 0 Å². The number of hydrogen-bond donors (Lipinski definition) is 1. The first-order chi connectivity index (χ1) is 9.16. The molecule has 0 aromatic carbocycles. The van der Waals surface area contributed by atoms with E-state index in [2.05, 4.69) is 23.6 Å². The molecule has 0 aromatic heterocycles. The Morgan fingerprint density at radius 1 is 0.947 bits per heavy atom. The van der Waals surface area contributed by atoms with E-state index in [1.807, 2.05) is 0 Å². The third kappa shape index (κ3) is 4.73. The maximum Gasteiger partial charge on any atom is 0.0696 e. The Balaban J connectivity index is 1.72. The Hall–Kier alpha value is -0.120. The summed E-state index contributed by atoms with van der Waals surface area (Å²) < 4.78 is 0. The van der Waals surface area contributed by atoms with Gasteiger partial charge in [-0.1, -0.05) is 12.8 Å². The van der Waals surface area contributed by atoms with Gasteiger partial charge in [-0.3, -0.25) is 0 Å². The van der Waals surface area contributed by atoms with Crippen molar-refractivity contribution in [1.82, 2.24) is 9.80 Å². The zero-order valence-electron chi connectivity index (χ0n) is 12.9. The van der Waals surface area contributed by atoms with E-state index in [9.17, 15) is 5.11 Å². The van der Waals surface area contributed by atoms with Crippen molar-refractivity contribution in [2.24, 2.45) is 5.92 Å². The molecule has 0 aliphatic carbocycles. The predicted molar refractivity (Wildman–Crippen MR) is 80.3 cm³/mol. The summed E-state index contributed by atoms with van der Waals surface area (Å²) in [5.74, 6) is 0.526. The molecule has 2 aliphatic heterocycles. The van der Waals surface area contributed by atoms with Crippen LogP contribution in [0.15, 0.2) is 0 Å². The molecule has 0 amide bonds. The van der Waals surface area contributed by atoms with Crippen molar-refractivity contribution in [2.45, 2.75) is 64.5 Å². The minimum absolute atomic E-state index is 0.104. The molecule has 3 heteroatoms. The Morgan fingerprint density at radius 3 is 2.05 bits per heavy atom. The number of rotatable bonds is 4. The standard InChI is InChI=1S/C16H32N2O/c1-14(2)18-11-7-15(8-12-18)16(19)13-17-9-5-3-4-6-10-17/h14-16,19H,3-13H2,1-2H3. The van der Waals surface area contributed by atoms with Crippen molar-refractivity contribution >= 4 is 0 Å². The van der Waals surface area contributed by atoms with Gasteiger partial charge in [-0.05, 0) is 71.6 Å². The van der Waals surface area contributed by atoms with Gasteiger partial charge in [0.1, 0.15) is 0 Å². The van der Waals surface area contributed by atoms with Crippen LogP contribution in [0.25, 0.3) is 0 Å². The zero-order valence-corrected chi connectivity index (χ0v) is 12.9. The third-order valence-corrected chi connectivity index (χ3v) is 4.99. The summed E-state index contributed by atoms with van der Waals surface area (Å²) in [6, 6.07) is 0.656. The Morgan fingerprint density at radius 2 is 1.53 bits per heavy atom. The van der Waals surface area contributed by atoms with Crippen LogP contribution >= 0.6 is 0 Å². The molecule has 2 fully saturated rings. The highest BCUT2D eigenvalue weighted by molar-refractivity contribution is 4.81. The molecule has 0 saturated carbocycles. The topological polar surface area (TPSA) is 26.7 Å². The van der Waals surface area contributed by atoms with Crippen LogP contribution in [0.3, 0.4) is 0 Å². The van der Waals surface area contributed by atoms with E-state index >= 15 is 0 Å². The molecule has 0 radical (unpaired) electrons. The largest absolute Gasteiger partial charge is 0.392 e. The van der Waals surface area contributed by atoms with Gasteiger partial charge in [-0.2, -0.15) is 0 Å². The van der Waals surface area contributed by atoms with Gasteiger partial charge in [0.15, 0.2) is 0 Å². The van der Waals surface area contributed by atoms with E-state index in [0.29, 0.717) is 12.0 Å². The first-order valence-electron chi connectivity index (χ1n) is 8.31. The second-order valence-electron chi connectivity index (χ2n) is 6.75. The molecule has 2 heterocycles. The fourth-order valence-electron chi connectivity index (χ4n) is 3.55. The number of nitrogens with zero attached hydrogens (tertiary/aromatic N) is 2. The Kier molecular flexibility index (Phi) is 6.11. The third-order valence-electron chi connectivity index (χ3n) is 4.99. The second kappa shape index (κ2) is 7.61. The number of hydrogen-bond acceptors (Lipinski definition) is 3. The smallest absolute Gasteiger partial charge is 0.0696 e. The Bertz CT molecular complexity index is 241. The Labute approximate surface area is 119 Å². The van der Waals surface area contributed by atoms with E-state index in [-0.39, 0.29) is 6.10 Å². The van der Waals surface area contributed by atoms with Crippen molar-refractivity contribution < 1.29 is 5.11 Å². The molecule has 0 aromatic rings. The molecule has 2 aliphatic rings. The van der Waals surface area contributed by atoms with Crippen molar-refractivity contribution in [1.29, 1.82) is 0 Å². The van der Waals surface area contributed by atoms with Gasteiger partial charge < -0.3 is 14.9 Å². The molecular formula is C16H32N2O. The first kappa shape index (κ1) is 15.3. The molecule has 0 spiro atoms. The quantitative estimate of drug-likeness (QED) is 0.848. The number of piperidine rings is 1. The van der Waals surface area contributed by atoms with Crippen molar-refractivity contribution in [2.75, 3.05) is 32.7 Å². The summed E-state index contributed by atoms with van der Waals surface area (Å²) in [6.07, 6.45) is 7.63. The van der Waals surface area contributed by atoms with Gasteiger partial charge in [0.2, 0.25) is 0 Å². The van der Waals surface area contributed by atoms with E-state index in [4.69, 9.17) is 0 Å². The van der Waals surface area contributed by atoms with Crippen LogP contribution in [0.2, 0.25) is 0 Å². The molecule has 0 bridgehead atoms. The van der Waals surface area contributed by atoms with Crippen LogP contribution in [0.1, 0.15) is 52.4 Å². The first-order valence-corrected chi connectivity index (χ1v) is 8.31. The molecule has 1 unspecified atom stereocenters. The van der Waals surface area contributed by atoms with Crippen LogP contribution in [-0.4, -0.2) is 59.8 Å². The van der Waals surface area contributed by atoms with E-state index in [0.717, 1.165) is 6.54 Å². The molecule has 2 saturated heterocycles. The van der Waals surface area contributed by atoms with Gasteiger partial charge in [0.25, 0.3) is 0 Å². The van der Waals surface area contributed by atoms with Crippen molar-refractivity contribution in [3.8, 4) is 0 Å². The van der Waals surface area contributed by atoms with E-state index < -0.39 is 0 Å². The molecule has 3 nitrogen and oxygen atoms in total. The molecule has 1 atom stereocenters. The fraction of sp³-hybridized carbons (Fsp3) is 1.00. The lowest BCUT2D eigenvalue weighted by molar-refractivity contribution is 0.0264. The highest BCUT2D eigenvalue weighted by Gasteiger charge is 2.27. The van der Waals surface area contributed by atoms with Crippen molar-refractivity contribution in [3.05, 3.63) is 0 Å². The minimum Gasteiger partial charge on any atom is -0.392 e. The van der Waals surface area contributed by atoms with Gasteiger partial charge in [0, 0.05) is 12.6 Å². The average molecular weight is 268 g/mol. The number of aliphatic hydroxyl groups is 1. The fourth-order valence-corrected chi connectivity index (χ4v) is 3.55. The summed E-state index contributed by atoms with van der Waals surface area (Å²) in [6.45, 7) is 10.2. The monoisotopic (exact) mass is 268 g/mol. The van der Waals surface area contributed by atoms with Gasteiger partial charge in [0.05, 0.1) is 6.10 Å². The summed E-state index contributed by atoms with van der Waals surface area (Å²) in [4.78, 5) is 5.03. The lowest BCUT2D eigenvalue weighted by atomic mass is 9.90. The molecular weight excluding hydrogens is 236 g/mol. The SMILES string of the molecule is CC(C)N1CCC(C(O)CN2CCCCCC2)CC1. The van der Waals surface area contributed by atoms with Gasteiger partial charge in [-0.15, -0.1) is 0 Å². The van der Waals surface area contributed by atoms with Crippen LogP contribution in [-0.2, 0) is 0 Å². The van der Waals surface area contributed by atoms with Gasteiger partial charge in [-0.25, -0.2) is 0 Å². The number of β-amino-alcohol motifs (C(OH)–C–C–N with tert-alkyl or cyclic N) is 1. The predicted octanol–water partition coefficient (Wildman–Crippen LogP) is 2.34. The summed E-state index contributed by atoms with van der Waals surface area (Å²) in [5.41, 5.74) is 0. The van der Waals surface area contributed by atoms with Crippen LogP contribution in [0, 0.1) is 5.92 Å². The van der Waals surface area contributed by atoms with E-state index in [1.165, 1.54) is 64.7 Å². The summed E-state index contributed by atoms with van der Waals surface area (Å²) in [5, 5.41) is 10.5. The minimum atomic E-state index is -0.104. The summed E-state index contributed by atoms with van der Waals surface area (Å²) >= 11 is 0. The number of likely N-dealkylation sites (tertiary alicyclic amines) is 2. The van der Waals surface area contributed by atoms with Gasteiger partial charge >= 0.3 is 0 Å². The average Bonchev–Trinajstić information content (AvgIpc) is 2.67. The molecule has 112 valence electrons. The lowest BCUT2D eigenvalue weighted by Crippen LogP contribution is -2.44. The molecule has 2 rings (SSSR count). The molecule has 1 N–H and O–H groups in total. The molecule has 19 heavy (non-hydrogen) atoms. The second-order valence-corrected chi connectivity index (χ2v) is 6.75. The van der Waals surface area contributed by atoms with Crippen molar-refractivity contribution in [3.63, 3.8) is 0 Å². The normalized spacial score (nSPS) is 26.5. The highest BCUT2D eigenvalue weighted by Crippen LogP contribution is 2.23.